The molecule has 0 aliphatic heterocycles. The predicted octanol–water partition coefficient (Wildman–Crippen LogP) is 3.45. The zero-order valence-electron chi connectivity index (χ0n) is 10.2. The molecule has 0 atom stereocenters. The number of aromatic amines is 1. The van der Waals surface area contributed by atoms with Crippen molar-refractivity contribution in [3.63, 3.8) is 0 Å². The number of H-pyrrole nitrogens is 1. The second kappa shape index (κ2) is 5.26. The highest BCUT2D eigenvalue weighted by atomic mass is 19.4. The molecule has 2 N–H and O–H groups in total. The van der Waals surface area contributed by atoms with Gasteiger partial charge in [0.2, 0.25) is 0 Å². The molecular formula is C11H8F6N4. The van der Waals surface area contributed by atoms with E-state index < -0.39 is 23.6 Å². The summed E-state index contributed by atoms with van der Waals surface area (Å²) in [6.07, 6.45) is -8.41. The Morgan fingerprint density at radius 3 is 2.24 bits per heavy atom. The van der Waals surface area contributed by atoms with Crippen LogP contribution in [0.3, 0.4) is 0 Å². The number of anilines is 1. The first kappa shape index (κ1) is 15.1. The highest BCUT2D eigenvalue weighted by Crippen LogP contribution is 2.29. The molecule has 0 radical (unpaired) electrons. The monoisotopic (exact) mass is 310 g/mol. The third kappa shape index (κ3) is 3.86. The first-order valence-corrected chi connectivity index (χ1v) is 5.55. The van der Waals surface area contributed by atoms with E-state index in [-0.39, 0.29) is 18.1 Å². The van der Waals surface area contributed by atoms with E-state index in [0.717, 1.165) is 18.2 Å². The predicted molar refractivity (Wildman–Crippen MR) is 60.2 cm³/mol. The summed E-state index contributed by atoms with van der Waals surface area (Å²) < 4.78 is 73.8. The lowest BCUT2D eigenvalue weighted by Gasteiger charge is -2.07. The van der Waals surface area contributed by atoms with Crippen LogP contribution in [0.2, 0.25) is 0 Å². The molecule has 0 fully saturated rings. The number of alkyl halides is 6. The molecule has 0 saturated heterocycles. The lowest BCUT2D eigenvalue weighted by atomic mass is 10.3. The van der Waals surface area contributed by atoms with Crippen molar-refractivity contribution in [3.8, 4) is 0 Å². The summed E-state index contributed by atoms with van der Waals surface area (Å²) in [6, 6.07) is 2.71. The Balaban J connectivity index is 1.99. The van der Waals surface area contributed by atoms with Crippen LogP contribution in [0.15, 0.2) is 24.4 Å². The third-order valence-electron chi connectivity index (χ3n) is 2.47. The largest absolute Gasteiger partial charge is 0.435 e. The van der Waals surface area contributed by atoms with Crippen LogP contribution in [-0.2, 0) is 18.9 Å². The van der Waals surface area contributed by atoms with E-state index >= 15 is 0 Å². The lowest BCUT2D eigenvalue weighted by Crippen LogP contribution is -2.07. The fourth-order valence-electron chi connectivity index (χ4n) is 1.45. The molecule has 2 aromatic rings. The number of pyridine rings is 1. The van der Waals surface area contributed by atoms with Crippen molar-refractivity contribution in [2.45, 2.75) is 18.9 Å². The van der Waals surface area contributed by atoms with Gasteiger partial charge in [-0.05, 0) is 18.2 Å². The molecule has 0 spiro atoms. The molecule has 0 unspecified atom stereocenters. The summed E-state index contributed by atoms with van der Waals surface area (Å²) in [6.45, 7) is -0.0819. The number of hydrogen-bond acceptors (Lipinski definition) is 3. The van der Waals surface area contributed by atoms with E-state index in [0.29, 0.717) is 6.20 Å². The maximum Gasteiger partial charge on any atom is 0.435 e. The highest BCUT2D eigenvalue weighted by Gasteiger charge is 2.33. The summed E-state index contributed by atoms with van der Waals surface area (Å²) in [5, 5.41) is 7.85. The van der Waals surface area contributed by atoms with Crippen molar-refractivity contribution in [3.05, 3.63) is 41.3 Å². The molecule has 21 heavy (non-hydrogen) atoms. The van der Waals surface area contributed by atoms with Gasteiger partial charge in [0.1, 0.15) is 5.82 Å². The maximum absolute atomic E-state index is 12.3. The third-order valence-corrected chi connectivity index (χ3v) is 2.47. The number of nitrogens with one attached hydrogen (secondary N) is 2. The number of nitrogens with zero attached hydrogens (tertiary/aromatic N) is 2. The first-order valence-electron chi connectivity index (χ1n) is 5.55. The molecule has 0 amide bonds. The van der Waals surface area contributed by atoms with Gasteiger partial charge in [0, 0.05) is 6.20 Å². The molecule has 0 saturated carbocycles. The maximum atomic E-state index is 12.3. The standard InChI is InChI=1S/C11H8F6N4/c12-10(13,14)6-1-2-9(18-4-6)19-5-7-3-8(21-20-7)11(15,16)17/h1-4H,5H2,(H,18,19)(H,20,21). The Morgan fingerprint density at radius 2 is 1.76 bits per heavy atom. The van der Waals surface area contributed by atoms with Crippen LogP contribution >= 0.6 is 0 Å². The van der Waals surface area contributed by atoms with Crippen molar-refractivity contribution in [2.24, 2.45) is 0 Å². The van der Waals surface area contributed by atoms with Crippen molar-refractivity contribution >= 4 is 5.82 Å². The molecule has 4 nitrogen and oxygen atoms in total. The van der Waals surface area contributed by atoms with Gasteiger partial charge in [-0.15, -0.1) is 0 Å². The molecular weight excluding hydrogens is 302 g/mol. The summed E-state index contributed by atoms with van der Waals surface area (Å²) in [5.74, 6) is 0.103. The van der Waals surface area contributed by atoms with Gasteiger partial charge in [0.15, 0.2) is 5.69 Å². The van der Waals surface area contributed by atoms with Gasteiger partial charge >= 0.3 is 12.4 Å². The zero-order chi connectivity index (χ0) is 15.7. The van der Waals surface area contributed by atoms with Crippen LogP contribution in [0.25, 0.3) is 0 Å². The number of halogens is 6. The van der Waals surface area contributed by atoms with Crippen molar-refractivity contribution < 1.29 is 26.3 Å². The van der Waals surface area contributed by atoms with Crippen LogP contribution in [0.4, 0.5) is 32.2 Å². The summed E-state index contributed by atoms with van der Waals surface area (Å²) in [5.41, 5.74) is -1.85. The minimum absolute atomic E-state index is 0.0819. The second-order valence-electron chi connectivity index (χ2n) is 4.06. The molecule has 114 valence electrons. The van der Waals surface area contributed by atoms with Crippen LogP contribution in [0.5, 0.6) is 0 Å². The molecule has 2 aromatic heterocycles. The van der Waals surface area contributed by atoms with E-state index in [2.05, 4.69) is 20.5 Å². The number of aromatic nitrogens is 3. The van der Waals surface area contributed by atoms with Gasteiger partial charge < -0.3 is 5.32 Å². The second-order valence-corrected chi connectivity index (χ2v) is 4.06. The van der Waals surface area contributed by atoms with Crippen molar-refractivity contribution in [2.75, 3.05) is 5.32 Å². The van der Waals surface area contributed by atoms with E-state index in [1.807, 2.05) is 0 Å². The zero-order valence-corrected chi connectivity index (χ0v) is 10.2. The van der Waals surface area contributed by atoms with Gasteiger partial charge in [-0.1, -0.05) is 0 Å². The van der Waals surface area contributed by atoms with Crippen LogP contribution in [0, 0.1) is 0 Å². The van der Waals surface area contributed by atoms with Gasteiger partial charge in [0.05, 0.1) is 17.8 Å². The Labute approximate surface area is 114 Å². The smallest absolute Gasteiger partial charge is 0.364 e. The molecule has 0 aliphatic rings. The van der Waals surface area contributed by atoms with E-state index in [1.165, 1.54) is 0 Å². The lowest BCUT2D eigenvalue weighted by molar-refractivity contribution is -0.141. The first-order chi connectivity index (χ1) is 9.66. The quantitative estimate of drug-likeness (QED) is 0.854. The Morgan fingerprint density at radius 1 is 1.05 bits per heavy atom. The molecule has 2 rings (SSSR count). The normalized spacial score (nSPS) is 12.5. The summed E-state index contributed by atoms with van der Waals surface area (Å²) >= 11 is 0. The fourth-order valence-corrected chi connectivity index (χ4v) is 1.45. The fraction of sp³-hybridized carbons (Fsp3) is 0.273. The number of hydrogen-bond donors (Lipinski definition) is 2. The highest BCUT2D eigenvalue weighted by molar-refractivity contribution is 5.36. The Kier molecular flexibility index (Phi) is 3.79. The van der Waals surface area contributed by atoms with E-state index in [9.17, 15) is 26.3 Å². The van der Waals surface area contributed by atoms with Crippen LogP contribution in [-0.4, -0.2) is 15.2 Å². The van der Waals surface area contributed by atoms with Gasteiger partial charge in [0.25, 0.3) is 0 Å². The molecule has 0 aromatic carbocycles. The molecule has 2 heterocycles. The summed E-state index contributed by atoms with van der Waals surface area (Å²) in [7, 11) is 0. The van der Waals surface area contributed by atoms with E-state index in [4.69, 9.17) is 0 Å². The van der Waals surface area contributed by atoms with Gasteiger partial charge in [-0.25, -0.2) is 4.98 Å². The molecule has 10 heteroatoms. The van der Waals surface area contributed by atoms with Crippen molar-refractivity contribution in [1.29, 1.82) is 0 Å². The minimum atomic E-state index is -4.55. The average molecular weight is 310 g/mol. The Hall–Kier alpha value is -2.26. The minimum Gasteiger partial charge on any atom is -0.364 e. The van der Waals surface area contributed by atoms with Gasteiger partial charge in [-0.2, -0.15) is 31.4 Å². The van der Waals surface area contributed by atoms with Crippen LogP contribution in [0.1, 0.15) is 17.0 Å². The SMILES string of the molecule is FC(F)(F)c1ccc(NCc2cc(C(F)(F)F)n[nH]2)nc1. The average Bonchev–Trinajstić information content (AvgIpc) is 2.84. The molecule has 0 bridgehead atoms. The van der Waals surface area contributed by atoms with E-state index in [1.54, 1.807) is 0 Å². The van der Waals surface area contributed by atoms with Crippen LogP contribution < -0.4 is 5.32 Å². The topological polar surface area (TPSA) is 53.6 Å². The van der Waals surface area contributed by atoms with Crippen molar-refractivity contribution in [1.82, 2.24) is 15.2 Å². The molecule has 0 aliphatic carbocycles. The number of rotatable bonds is 3. The summed E-state index contributed by atoms with van der Waals surface area (Å²) in [4.78, 5) is 3.53. The Bertz CT molecular complexity index is 598. The van der Waals surface area contributed by atoms with Gasteiger partial charge in [-0.3, -0.25) is 5.10 Å².